The summed E-state index contributed by atoms with van der Waals surface area (Å²) in [5.74, 6) is 1.47. The third-order valence-electron chi connectivity index (χ3n) is 3.49. The lowest BCUT2D eigenvalue weighted by atomic mass is 9.87. The van der Waals surface area contributed by atoms with Gasteiger partial charge in [-0.3, -0.25) is 0 Å². The molecule has 0 saturated heterocycles. The van der Waals surface area contributed by atoms with Crippen LogP contribution in [0.4, 0.5) is 0 Å². The molecule has 1 aromatic rings. The molecular weight excluding hydrogens is 214 g/mol. The first-order valence-electron chi connectivity index (χ1n) is 6.38. The molecule has 1 aliphatic carbocycles. The molecule has 4 nitrogen and oxygen atoms in total. The second kappa shape index (κ2) is 5.96. The quantitative estimate of drug-likeness (QED) is 0.868. The summed E-state index contributed by atoms with van der Waals surface area (Å²) in [4.78, 5) is 0. The number of nitrogens with one attached hydrogen (secondary N) is 1. The molecule has 0 atom stereocenters. The van der Waals surface area contributed by atoms with Crippen LogP contribution < -0.4 is 10.1 Å². The number of ether oxygens (including phenoxy) is 1. The van der Waals surface area contributed by atoms with E-state index in [1.54, 1.807) is 7.11 Å². The van der Waals surface area contributed by atoms with Crippen LogP contribution in [0.1, 0.15) is 38.3 Å². The Labute approximate surface area is 103 Å². The minimum Gasteiger partial charge on any atom is -0.480 e. The molecule has 0 bridgehead atoms. The van der Waals surface area contributed by atoms with Crippen LogP contribution in [-0.4, -0.2) is 23.3 Å². The summed E-state index contributed by atoms with van der Waals surface area (Å²) in [5, 5.41) is 11.6. The molecule has 0 amide bonds. The molecule has 1 aromatic heterocycles. The molecule has 1 heterocycles. The van der Waals surface area contributed by atoms with Crippen molar-refractivity contribution >= 4 is 0 Å². The lowest BCUT2D eigenvalue weighted by molar-refractivity contribution is 0.305. The number of rotatable bonds is 4. The van der Waals surface area contributed by atoms with Crippen molar-refractivity contribution in [2.45, 2.75) is 45.2 Å². The second-order valence-corrected chi connectivity index (χ2v) is 4.90. The topological polar surface area (TPSA) is 47.0 Å². The van der Waals surface area contributed by atoms with Crippen LogP contribution >= 0.6 is 0 Å². The Hall–Kier alpha value is -1.16. The fraction of sp³-hybridized carbons (Fsp3) is 0.692. The van der Waals surface area contributed by atoms with E-state index in [4.69, 9.17) is 4.74 Å². The molecule has 0 unspecified atom stereocenters. The average Bonchev–Trinajstić information content (AvgIpc) is 2.39. The third-order valence-corrected chi connectivity index (χ3v) is 3.49. The van der Waals surface area contributed by atoms with E-state index in [1.807, 2.05) is 12.1 Å². The zero-order valence-electron chi connectivity index (χ0n) is 10.6. The Morgan fingerprint density at radius 3 is 2.59 bits per heavy atom. The van der Waals surface area contributed by atoms with E-state index < -0.39 is 0 Å². The normalized spacial score (nSPS) is 24.6. The van der Waals surface area contributed by atoms with Gasteiger partial charge in [-0.1, -0.05) is 6.92 Å². The van der Waals surface area contributed by atoms with Gasteiger partial charge in [-0.2, -0.15) is 5.10 Å². The van der Waals surface area contributed by atoms with Crippen molar-refractivity contribution in [3.63, 3.8) is 0 Å². The summed E-state index contributed by atoms with van der Waals surface area (Å²) in [6.07, 6.45) is 5.24. The van der Waals surface area contributed by atoms with Gasteiger partial charge < -0.3 is 10.1 Å². The Bertz CT molecular complexity index is 331. The van der Waals surface area contributed by atoms with Crippen molar-refractivity contribution in [3.8, 4) is 5.88 Å². The highest BCUT2D eigenvalue weighted by Crippen LogP contribution is 2.23. The predicted molar refractivity (Wildman–Crippen MR) is 66.8 cm³/mol. The fourth-order valence-electron chi connectivity index (χ4n) is 2.26. The summed E-state index contributed by atoms with van der Waals surface area (Å²) in [6.45, 7) is 3.14. The lowest BCUT2D eigenvalue weighted by Crippen LogP contribution is -2.32. The zero-order valence-corrected chi connectivity index (χ0v) is 10.6. The van der Waals surface area contributed by atoms with Crippen molar-refractivity contribution < 1.29 is 4.74 Å². The van der Waals surface area contributed by atoms with E-state index in [9.17, 15) is 0 Å². The molecule has 94 valence electrons. The van der Waals surface area contributed by atoms with Crippen molar-refractivity contribution in [3.05, 3.63) is 17.8 Å². The first kappa shape index (κ1) is 12.3. The maximum atomic E-state index is 4.98. The van der Waals surface area contributed by atoms with Gasteiger partial charge in [-0.25, -0.2) is 0 Å². The molecule has 1 fully saturated rings. The Morgan fingerprint density at radius 2 is 2.00 bits per heavy atom. The highest BCUT2D eigenvalue weighted by atomic mass is 16.5. The molecule has 17 heavy (non-hydrogen) atoms. The van der Waals surface area contributed by atoms with Gasteiger partial charge in [0.05, 0.1) is 12.8 Å². The molecule has 0 aromatic carbocycles. The van der Waals surface area contributed by atoms with Gasteiger partial charge in [-0.15, -0.1) is 5.10 Å². The smallest absolute Gasteiger partial charge is 0.233 e. The number of hydrogen-bond donors (Lipinski definition) is 1. The van der Waals surface area contributed by atoms with Crippen molar-refractivity contribution in [1.82, 2.24) is 15.5 Å². The largest absolute Gasteiger partial charge is 0.480 e. The van der Waals surface area contributed by atoms with Crippen molar-refractivity contribution in [2.24, 2.45) is 5.92 Å². The van der Waals surface area contributed by atoms with Crippen LogP contribution in [-0.2, 0) is 6.54 Å². The van der Waals surface area contributed by atoms with E-state index in [1.165, 1.54) is 25.7 Å². The molecule has 4 heteroatoms. The van der Waals surface area contributed by atoms with E-state index >= 15 is 0 Å². The second-order valence-electron chi connectivity index (χ2n) is 4.90. The van der Waals surface area contributed by atoms with Crippen LogP contribution in [0, 0.1) is 5.92 Å². The summed E-state index contributed by atoms with van der Waals surface area (Å²) in [6, 6.07) is 4.46. The SMILES string of the molecule is COc1ccc(CNC2CCC(C)CC2)nn1. The number of aromatic nitrogens is 2. The molecular formula is C13H21N3O. The predicted octanol–water partition coefficient (Wildman–Crippen LogP) is 2.15. The average molecular weight is 235 g/mol. The number of methoxy groups -OCH3 is 1. The highest BCUT2D eigenvalue weighted by molar-refractivity contribution is 5.11. The standard InChI is InChI=1S/C13H21N3O/c1-10-3-5-11(6-4-10)14-9-12-7-8-13(17-2)16-15-12/h7-8,10-11,14H,3-6,9H2,1-2H3. The summed E-state index contributed by atoms with van der Waals surface area (Å²) < 4.78 is 4.98. The summed E-state index contributed by atoms with van der Waals surface area (Å²) >= 11 is 0. The fourth-order valence-corrected chi connectivity index (χ4v) is 2.26. The molecule has 1 aliphatic rings. The van der Waals surface area contributed by atoms with Crippen LogP contribution in [0.3, 0.4) is 0 Å². The van der Waals surface area contributed by atoms with Gasteiger partial charge >= 0.3 is 0 Å². The zero-order chi connectivity index (χ0) is 12.1. The molecule has 0 spiro atoms. The maximum absolute atomic E-state index is 4.98. The highest BCUT2D eigenvalue weighted by Gasteiger charge is 2.17. The molecule has 1 saturated carbocycles. The van der Waals surface area contributed by atoms with Crippen LogP contribution in [0.25, 0.3) is 0 Å². The summed E-state index contributed by atoms with van der Waals surface area (Å²) in [7, 11) is 1.60. The van der Waals surface area contributed by atoms with Gasteiger partial charge in [0.1, 0.15) is 0 Å². The summed E-state index contributed by atoms with van der Waals surface area (Å²) in [5.41, 5.74) is 0.976. The Balaban J connectivity index is 1.77. The molecule has 0 radical (unpaired) electrons. The van der Waals surface area contributed by atoms with E-state index in [-0.39, 0.29) is 0 Å². The molecule has 2 rings (SSSR count). The number of nitrogens with zero attached hydrogens (tertiary/aromatic N) is 2. The Morgan fingerprint density at radius 1 is 1.24 bits per heavy atom. The van der Waals surface area contributed by atoms with Gasteiger partial charge in [0.25, 0.3) is 0 Å². The van der Waals surface area contributed by atoms with Crippen molar-refractivity contribution in [1.29, 1.82) is 0 Å². The van der Waals surface area contributed by atoms with Crippen LogP contribution in [0.2, 0.25) is 0 Å². The van der Waals surface area contributed by atoms with Crippen molar-refractivity contribution in [2.75, 3.05) is 7.11 Å². The van der Waals surface area contributed by atoms with Crippen LogP contribution in [0.5, 0.6) is 5.88 Å². The third kappa shape index (κ3) is 3.66. The maximum Gasteiger partial charge on any atom is 0.233 e. The number of hydrogen-bond acceptors (Lipinski definition) is 4. The minimum atomic E-state index is 0.570. The van der Waals surface area contributed by atoms with Gasteiger partial charge in [-0.05, 0) is 37.7 Å². The molecule has 0 aliphatic heterocycles. The van der Waals surface area contributed by atoms with Gasteiger partial charge in [0, 0.05) is 18.7 Å². The Kier molecular flexibility index (Phi) is 4.31. The molecule has 1 N–H and O–H groups in total. The van der Waals surface area contributed by atoms with E-state index in [0.717, 1.165) is 18.2 Å². The first-order chi connectivity index (χ1) is 8.28. The first-order valence-corrected chi connectivity index (χ1v) is 6.38. The van der Waals surface area contributed by atoms with Gasteiger partial charge in [0.15, 0.2) is 0 Å². The van der Waals surface area contributed by atoms with E-state index in [0.29, 0.717) is 11.9 Å². The lowest BCUT2D eigenvalue weighted by Gasteiger charge is -2.26. The van der Waals surface area contributed by atoms with E-state index in [2.05, 4.69) is 22.4 Å². The minimum absolute atomic E-state index is 0.570. The monoisotopic (exact) mass is 235 g/mol. The van der Waals surface area contributed by atoms with Crippen LogP contribution in [0.15, 0.2) is 12.1 Å². The van der Waals surface area contributed by atoms with Gasteiger partial charge in [0.2, 0.25) is 5.88 Å².